The summed E-state index contributed by atoms with van der Waals surface area (Å²) in [6, 6.07) is 24.5. The van der Waals surface area contributed by atoms with Crippen LogP contribution in [0.15, 0.2) is 83.5 Å². The zero-order valence-electron chi connectivity index (χ0n) is 14.3. The van der Waals surface area contributed by atoms with E-state index in [4.69, 9.17) is 14.9 Å². The third-order valence-corrected chi connectivity index (χ3v) is 4.07. The summed E-state index contributed by atoms with van der Waals surface area (Å²) in [6.45, 7) is 0. The van der Waals surface area contributed by atoms with Crippen LogP contribution in [0.1, 0.15) is 5.56 Å². The normalized spacial score (nSPS) is 10.3. The lowest BCUT2D eigenvalue weighted by Crippen LogP contribution is -1.99. The minimum Gasteiger partial charge on any atom is -0.463 e. The number of hydrogen-bond acceptors (Lipinski definition) is 5. The number of nitrogens with zero attached hydrogens (tertiary/aromatic N) is 2. The minimum absolute atomic E-state index is 0.177. The Kier molecular flexibility index (Phi) is 4.30. The number of nitrogen functional groups attached to an aromatic ring is 1. The first-order valence-corrected chi connectivity index (χ1v) is 8.32. The molecular formula is C22H15N3O2. The molecule has 0 aliphatic rings. The monoisotopic (exact) mass is 353 g/mol. The van der Waals surface area contributed by atoms with E-state index in [1.54, 1.807) is 18.4 Å². The van der Waals surface area contributed by atoms with Crippen LogP contribution in [0, 0.1) is 11.3 Å². The van der Waals surface area contributed by atoms with Gasteiger partial charge in [0.25, 0.3) is 0 Å². The molecule has 5 heteroatoms. The molecule has 0 fully saturated rings. The summed E-state index contributed by atoms with van der Waals surface area (Å²) < 4.78 is 11.3. The summed E-state index contributed by atoms with van der Waals surface area (Å²) in [5, 5.41) is 9.31. The number of hydrogen-bond donors (Lipinski definition) is 1. The molecule has 4 rings (SSSR count). The highest BCUT2D eigenvalue weighted by Gasteiger charge is 2.15. The Hall–Kier alpha value is -4.04. The molecule has 0 radical (unpaired) electrons. The van der Waals surface area contributed by atoms with Crippen LogP contribution in [0.2, 0.25) is 0 Å². The average Bonchev–Trinajstić information content (AvgIpc) is 3.24. The highest BCUT2D eigenvalue weighted by atomic mass is 16.5. The second kappa shape index (κ2) is 7.06. The number of aromatic nitrogens is 1. The van der Waals surface area contributed by atoms with Crippen LogP contribution >= 0.6 is 0 Å². The van der Waals surface area contributed by atoms with Crippen molar-refractivity contribution in [3.63, 3.8) is 0 Å². The van der Waals surface area contributed by atoms with Gasteiger partial charge in [0.15, 0.2) is 5.76 Å². The molecule has 0 aliphatic carbocycles. The summed E-state index contributed by atoms with van der Waals surface area (Å²) in [4.78, 5) is 4.38. The molecule has 0 saturated carbocycles. The number of furan rings is 1. The zero-order chi connectivity index (χ0) is 18.6. The molecule has 2 N–H and O–H groups in total. The molecule has 0 amide bonds. The van der Waals surface area contributed by atoms with Gasteiger partial charge in [-0.2, -0.15) is 5.26 Å². The molecule has 2 heterocycles. The fourth-order valence-electron chi connectivity index (χ4n) is 2.77. The van der Waals surface area contributed by atoms with Crippen LogP contribution in [0.4, 0.5) is 5.82 Å². The minimum atomic E-state index is 0.177. The summed E-state index contributed by atoms with van der Waals surface area (Å²) in [6.07, 6.45) is 1.58. The SMILES string of the molecule is N#Cc1cc(-c2ccc(Oc3ccccc3)cc2)c(-c2ccco2)nc1N. The molecule has 0 unspecified atom stereocenters. The van der Waals surface area contributed by atoms with E-state index in [-0.39, 0.29) is 5.82 Å². The Morgan fingerprint density at radius 2 is 1.67 bits per heavy atom. The summed E-state index contributed by atoms with van der Waals surface area (Å²) in [5.74, 6) is 2.25. The van der Waals surface area contributed by atoms with Crippen LogP contribution < -0.4 is 10.5 Å². The molecular weight excluding hydrogens is 338 g/mol. The lowest BCUT2D eigenvalue weighted by Gasteiger charge is -2.11. The van der Waals surface area contributed by atoms with Crippen LogP contribution in [-0.2, 0) is 0 Å². The summed E-state index contributed by atoms with van der Waals surface area (Å²) in [5.41, 5.74) is 8.46. The van der Waals surface area contributed by atoms with Gasteiger partial charge in [-0.3, -0.25) is 0 Å². The van der Waals surface area contributed by atoms with E-state index in [2.05, 4.69) is 11.1 Å². The third-order valence-electron chi connectivity index (χ3n) is 4.07. The van der Waals surface area contributed by atoms with Crippen LogP contribution in [0.5, 0.6) is 11.5 Å². The van der Waals surface area contributed by atoms with Crippen LogP contribution in [0.3, 0.4) is 0 Å². The Morgan fingerprint density at radius 1 is 0.926 bits per heavy atom. The number of nitrogens with two attached hydrogens (primary N) is 1. The Morgan fingerprint density at radius 3 is 2.33 bits per heavy atom. The topological polar surface area (TPSA) is 85.1 Å². The van der Waals surface area contributed by atoms with Crippen LogP contribution in [-0.4, -0.2) is 4.98 Å². The molecule has 0 saturated heterocycles. The van der Waals surface area contributed by atoms with Gasteiger partial charge in [0, 0.05) is 5.56 Å². The molecule has 0 spiro atoms. The predicted molar refractivity (Wildman–Crippen MR) is 103 cm³/mol. The first kappa shape index (κ1) is 16.4. The molecule has 27 heavy (non-hydrogen) atoms. The van der Waals surface area contributed by atoms with Crippen molar-refractivity contribution in [2.45, 2.75) is 0 Å². The van der Waals surface area contributed by atoms with E-state index in [0.29, 0.717) is 22.8 Å². The maximum Gasteiger partial charge on any atom is 0.152 e. The maximum atomic E-state index is 9.31. The van der Waals surface area contributed by atoms with Gasteiger partial charge in [0.1, 0.15) is 29.1 Å². The average molecular weight is 353 g/mol. The van der Waals surface area contributed by atoms with Gasteiger partial charge in [0.2, 0.25) is 0 Å². The fourth-order valence-corrected chi connectivity index (χ4v) is 2.77. The van der Waals surface area contributed by atoms with E-state index in [1.165, 1.54) is 0 Å². The summed E-state index contributed by atoms with van der Waals surface area (Å²) >= 11 is 0. The quantitative estimate of drug-likeness (QED) is 0.541. The Labute approximate surface area is 156 Å². The molecule has 2 aromatic carbocycles. The lowest BCUT2D eigenvalue weighted by molar-refractivity contribution is 0.483. The molecule has 0 bridgehead atoms. The third kappa shape index (κ3) is 3.37. The number of benzene rings is 2. The second-order valence-corrected chi connectivity index (χ2v) is 5.85. The largest absolute Gasteiger partial charge is 0.463 e. The number of ether oxygens (including phenoxy) is 1. The van der Waals surface area contributed by atoms with Crippen molar-refractivity contribution in [1.82, 2.24) is 4.98 Å². The van der Waals surface area contributed by atoms with Gasteiger partial charge in [-0.25, -0.2) is 4.98 Å². The first-order chi connectivity index (χ1) is 13.2. The van der Waals surface area contributed by atoms with Crippen LogP contribution in [0.25, 0.3) is 22.6 Å². The number of rotatable bonds is 4. The smallest absolute Gasteiger partial charge is 0.152 e. The van der Waals surface area contributed by atoms with E-state index in [0.717, 1.165) is 16.9 Å². The standard InChI is InChI=1S/C22H15N3O2/c23-14-16-13-19(21(25-22(16)24)20-7-4-12-26-20)15-8-10-18(11-9-15)27-17-5-2-1-3-6-17/h1-13H,(H2,24,25). The van der Waals surface area contributed by atoms with Gasteiger partial charge in [0.05, 0.1) is 11.8 Å². The fraction of sp³-hybridized carbons (Fsp3) is 0. The van der Waals surface area contributed by atoms with Gasteiger partial charge < -0.3 is 14.9 Å². The second-order valence-electron chi connectivity index (χ2n) is 5.85. The van der Waals surface area contributed by atoms with Crippen molar-refractivity contribution >= 4 is 5.82 Å². The van der Waals surface area contributed by atoms with Crippen molar-refractivity contribution in [2.24, 2.45) is 0 Å². The van der Waals surface area contributed by atoms with Crippen molar-refractivity contribution in [3.05, 3.63) is 84.6 Å². The van der Waals surface area contributed by atoms with E-state index < -0.39 is 0 Å². The van der Waals surface area contributed by atoms with Gasteiger partial charge in [-0.15, -0.1) is 0 Å². The van der Waals surface area contributed by atoms with E-state index in [1.807, 2.05) is 60.7 Å². The molecule has 2 aromatic heterocycles. The van der Waals surface area contributed by atoms with Crippen molar-refractivity contribution in [1.29, 1.82) is 5.26 Å². The molecule has 4 aromatic rings. The molecule has 130 valence electrons. The maximum absolute atomic E-state index is 9.31. The number of nitriles is 1. The molecule has 5 nitrogen and oxygen atoms in total. The van der Waals surface area contributed by atoms with Gasteiger partial charge in [-0.1, -0.05) is 30.3 Å². The van der Waals surface area contributed by atoms with Gasteiger partial charge >= 0.3 is 0 Å². The predicted octanol–water partition coefficient (Wildman–Crippen LogP) is 5.25. The van der Waals surface area contributed by atoms with Gasteiger partial charge in [-0.05, 0) is 48.0 Å². The number of anilines is 1. The lowest BCUT2D eigenvalue weighted by atomic mass is 10.0. The Balaban J connectivity index is 1.73. The van der Waals surface area contributed by atoms with E-state index in [9.17, 15) is 5.26 Å². The first-order valence-electron chi connectivity index (χ1n) is 8.32. The zero-order valence-corrected chi connectivity index (χ0v) is 14.3. The van der Waals surface area contributed by atoms with E-state index >= 15 is 0 Å². The van der Waals surface area contributed by atoms with Crippen molar-refractivity contribution in [3.8, 4) is 40.1 Å². The number of pyridine rings is 1. The summed E-state index contributed by atoms with van der Waals surface area (Å²) in [7, 11) is 0. The molecule has 0 atom stereocenters. The van der Waals surface area contributed by atoms with Crippen molar-refractivity contribution in [2.75, 3.05) is 5.73 Å². The highest BCUT2D eigenvalue weighted by Crippen LogP contribution is 2.34. The number of para-hydroxylation sites is 1. The molecule has 0 aliphatic heterocycles. The highest BCUT2D eigenvalue weighted by molar-refractivity contribution is 5.81. The van der Waals surface area contributed by atoms with Crippen molar-refractivity contribution < 1.29 is 9.15 Å². The Bertz CT molecular complexity index is 1100.